The Balaban J connectivity index is 1.99. The van der Waals surface area contributed by atoms with E-state index in [1.54, 1.807) is 0 Å². The largest absolute Gasteiger partial charge is 0.314 e. The summed E-state index contributed by atoms with van der Waals surface area (Å²) in [7, 11) is 0. The summed E-state index contributed by atoms with van der Waals surface area (Å²) in [4.78, 5) is 12.0. The van der Waals surface area contributed by atoms with Gasteiger partial charge in [-0.2, -0.15) is 0 Å². The minimum atomic E-state index is -0.963. The predicted octanol–water partition coefficient (Wildman–Crippen LogP) is 3.07. The molecule has 0 saturated carbocycles. The van der Waals surface area contributed by atoms with Gasteiger partial charge in [0.25, 0.3) is 0 Å². The normalized spacial score (nSPS) is 20.4. The number of hydrogen-bond acceptors (Lipinski definition) is 2. The molecule has 0 radical (unpaired) electrons. The lowest BCUT2D eigenvalue weighted by Crippen LogP contribution is -2.30. The maximum absolute atomic E-state index is 13.0. The monoisotopic (exact) mass is 253 g/mol. The standard InChI is InChI=1S/C14H17F2NO/c15-12-6-5-10(8-13(12)16)14(18)9-11-4-2-1-3-7-17-11/h5-6,8,11,17H,1-4,7,9H2. The molecule has 18 heavy (non-hydrogen) atoms. The number of ketones is 1. The molecule has 1 aromatic rings. The first-order valence-electron chi connectivity index (χ1n) is 6.38. The Labute approximate surface area is 105 Å². The molecule has 98 valence electrons. The highest BCUT2D eigenvalue weighted by molar-refractivity contribution is 5.96. The van der Waals surface area contributed by atoms with Gasteiger partial charge in [-0.15, -0.1) is 0 Å². The number of halogens is 2. The van der Waals surface area contributed by atoms with Gasteiger partial charge in [0.2, 0.25) is 0 Å². The van der Waals surface area contributed by atoms with Crippen molar-refractivity contribution >= 4 is 5.78 Å². The summed E-state index contributed by atoms with van der Waals surface area (Å²) in [6.07, 6.45) is 4.75. The van der Waals surface area contributed by atoms with Gasteiger partial charge in [-0.05, 0) is 37.6 Å². The van der Waals surface area contributed by atoms with Gasteiger partial charge in [0.15, 0.2) is 17.4 Å². The predicted molar refractivity (Wildman–Crippen MR) is 65.6 cm³/mol. The topological polar surface area (TPSA) is 29.1 Å². The molecule has 0 amide bonds. The Kier molecular flexibility index (Phi) is 4.42. The van der Waals surface area contributed by atoms with E-state index >= 15 is 0 Å². The SMILES string of the molecule is O=C(CC1CCCCCN1)c1ccc(F)c(F)c1. The maximum Gasteiger partial charge on any atom is 0.164 e. The van der Waals surface area contributed by atoms with Gasteiger partial charge in [-0.3, -0.25) is 4.79 Å². The van der Waals surface area contributed by atoms with Crippen LogP contribution in [0.5, 0.6) is 0 Å². The number of hydrogen-bond donors (Lipinski definition) is 1. The Morgan fingerprint density at radius 3 is 2.83 bits per heavy atom. The fourth-order valence-corrected chi connectivity index (χ4v) is 2.29. The summed E-state index contributed by atoms with van der Waals surface area (Å²) in [5, 5.41) is 3.32. The molecule has 1 unspecified atom stereocenters. The van der Waals surface area contributed by atoms with Crippen LogP contribution < -0.4 is 5.32 Å². The van der Waals surface area contributed by atoms with Crippen LogP contribution in [0, 0.1) is 11.6 Å². The Morgan fingerprint density at radius 1 is 1.22 bits per heavy atom. The molecule has 4 heteroatoms. The van der Waals surface area contributed by atoms with Crippen LogP contribution in [0.15, 0.2) is 18.2 Å². The van der Waals surface area contributed by atoms with Crippen molar-refractivity contribution in [3.63, 3.8) is 0 Å². The van der Waals surface area contributed by atoms with Crippen molar-refractivity contribution in [1.82, 2.24) is 5.32 Å². The van der Waals surface area contributed by atoms with Gasteiger partial charge in [0.1, 0.15) is 0 Å². The highest BCUT2D eigenvalue weighted by Gasteiger charge is 2.17. The van der Waals surface area contributed by atoms with Gasteiger partial charge >= 0.3 is 0 Å². The zero-order valence-electron chi connectivity index (χ0n) is 10.2. The third-order valence-corrected chi connectivity index (χ3v) is 3.34. The van der Waals surface area contributed by atoms with E-state index in [-0.39, 0.29) is 17.4 Å². The second-order valence-electron chi connectivity index (χ2n) is 4.76. The molecule has 1 aliphatic rings. The molecule has 0 bridgehead atoms. The summed E-state index contributed by atoms with van der Waals surface area (Å²) in [5.74, 6) is -2.01. The number of Topliss-reactive ketones (excluding diaryl/α,β-unsaturated/α-hetero) is 1. The molecule has 0 aromatic heterocycles. The molecular weight excluding hydrogens is 236 g/mol. The van der Waals surface area contributed by atoms with Gasteiger partial charge in [0.05, 0.1) is 0 Å². The van der Waals surface area contributed by atoms with E-state index in [4.69, 9.17) is 0 Å². The average molecular weight is 253 g/mol. The summed E-state index contributed by atoms with van der Waals surface area (Å²) in [6, 6.07) is 3.49. The molecule has 1 N–H and O–H groups in total. The van der Waals surface area contributed by atoms with E-state index in [9.17, 15) is 13.6 Å². The van der Waals surface area contributed by atoms with E-state index in [0.29, 0.717) is 6.42 Å². The lowest BCUT2D eigenvalue weighted by molar-refractivity contribution is 0.0967. The number of carbonyl (C=O) groups is 1. The molecule has 1 saturated heterocycles. The Hall–Kier alpha value is -1.29. The zero-order chi connectivity index (χ0) is 13.0. The highest BCUT2D eigenvalue weighted by atomic mass is 19.2. The molecule has 1 heterocycles. The third kappa shape index (κ3) is 3.35. The van der Waals surface area contributed by atoms with Crippen LogP contribution in [0.1, 0.15) is 42.5 Å². The van der Waals surface area contributed by atoms with Crippen LogP contribution in [-0.2, 0) is 0 Å². The van der Waals surface area contributed by atoms with E-state index in [2.05, 4.69) is 5.32 Å². The number of nitrogens with one attached hydrogen (secondary N) is 1. The van der Waals surface area contributed by atoms with E-state index in [1.165, 1.54) is 12.5 Å². The van der Waals surface area contributed by atoms with Crippen molar-refractivity contribution in [3.05, 3.63) is 35.4 Å². The molecule has 1 fully saturated rings. The van der Waals surface area contributed by atoms with Crippen molar-refractivity contribution in [2.45, 2.75) is 38.1 Å². The van der Waals surface area contributed by atoms with Crippen LogP contribution >= 0.6 is 0 Å². The van der Waals surface area contributed by atoms with Crippen molar-refractivity contribution in [2.75, 3.05) is 6.54 Å². The van der Waals surface area contributed by atoms with E-state index < -0.39 is 11.6 Å². The minimum Gasteiger partial charge on any atom is -0.314 e. The van der Waals surface area contributed by atoms with Crippen LogP contribution in [0.25, 0.3) is 0 Å². The molecular formula is C14H17F2NO. The molecule has 2 nitrogen and oxygen atoms in total. The van der Waals surface area contributed by atoms with Crippen LogP contribution in [0.2, 0.25) is 0 Å². The lowest BCUT2D eigenvalue weighted by atomic mass is 10.0. The average Bonchev–Trinajstić information content (AvgIpc) is 2.61. The number of carbonyl (C=O) groups excluding carboxylic acids is 1. The van der Waals surface area contributed by atoms with Gasteiger partial charge in [-0.25, -0.2) is 8.78 Å². The smallest absolute Gasteiger partial charge is 0.164 e. The van der Waals surface area contributed by atoms with Crippen LogP contribution in [-0.4, -0.2) is 18.4 Å². The molecule has 0 spiro atoms. The second kappa shape index (κ2) is 6.05. The molecule has 1 aliphatic heterocycles. The Bertz CT molecular complexity index is 426. The third-order valence-electron chi connectivity index (χ3n) is 3.34. The summed E-state index contributed by atoms with van der Waals surface area (Å²) in [5.41, 5.74) is 0.250. The Morgan fingerprint density at radius 2 is 2.06 bits per heavy atom. The van der Waals surface area contributed by atoms with Crippen molar-refractivity contribution in [1.29, 1.82) is 0 Å². The summed E-state index contributed by atoms with van der Waals surface area (Å²) in [6.45, 7) is 0.926. The zero-order valence-corrected chi connectivity index (χ0v) is 10.2. The van der Waals surface area contributed by atoms with Gasteiger partial charge in [-0.1, -0.05) is 12.8 Å². The van der Waals surface area contributed by atoms with Crippen LogP contribution in [0.3, 0.4) is 0 Å². The summed E-state index contributed by atoms with van der Waals surface area (Å²) >= 11 is 0. The molecule has 1 aromatic carbocycles. The van der Waals surface area contributed by atoms with E-state index in [1.807, 2.05) is 0 Å². The molecule has 2 rings (SSSR count). The number of rotatable bonds is 3. The molecule has 0 aliphatic carbocycles. The van der Waals surface area contributed by atoms with Crippen molar-refractivity contribution < 1.29 is 13.6 Å². The van der Waals surface area contributed by atoms with Gasteiger partial charge in [0, 0.05) is 18.0 Å². The maximum atomic E-state index is 13.0. The van der Waals surface area contributed by atoms with E-state index in [0.717, 1.165) is 37.9 Å². The first kappa shape index (κ1) is 13.1. The summed E-state index contributed by atoms with van der Waals surface area (Å²) < 4.78 is 25.8. The highest BCUT2D eigenvalue weighted by Crippen LogP contribution is 2.15. The second-order valence-corrected chi connectivity index (χ2v) is 4.76. The number of benzene rings is 1. The minimum absolute atomic E-state index is 0.131. The lowest BCUT2D eigenvalue weighted by Gasteiger charge is -2.14. The first-order chi connectivity index (χ1) is 8.66. The fraction of sp³-hybridized carbons (Fsp3) is 0.500. The fourth-order valence-electron chi connectivity index (χ4n) is 2.29. The van der Waals surface area contributed by atoms with Gasteiger partial charge < -0.3 is 5.32 Å². The van der Waals surface area contributed by atoms with Crippen LogP contribution in [0.4, 0.5) is 8.78 Å². The first-order valence-corrected chi connectivity index (χ1v) is 6.38. The quantitative estimate of drug-likeness (QED) is 0.839. The molecule has 1 atom stereocenters. The van der Waals surface area contributed by atoms with Crippen molar-refractivity contribution in [2.24, 2.45) is 0 Å². The van der Waals surface area contributed by atoms with Crippen molar-refractivity contribution in [3.8, 4) is 0 Å².